The van der Waals surface area contributed by atoms with Crippen molar-refractivity contribution < 1.29 is 4.74 Å². The van der Waals surface area contributed by atoms with Crippen molar-refractivity contribution >= 4 is 11.6 Å². The van der Waals surface area contributed by atoms with Gasteiger partial charge in [0.05, 0.1) is 11.7 Å². The van der Waals surface area contributed by atoms with Gasteiger partial charge < -0.3 is 10.1 Å². The van der Waals surface area contributed by atoms with Gasteiger partial charge in [-0.15, -0.1) is 0 Å². The lowest BCUT2D eigenvalue weighted by atomic mass is 9.98. The highest BCUT2D eigenvalue weighted by Gasteiger charge is 2.41. The van der Waals surface area contributed by atoms with Gasteiger partial charge in [0.15, 0.2) is 0 Å². The SMILES string of the molecule is Clc1ccccc1CNCC1CCC2(CCCC2)O1. The van der Waals surface area contributed by atoms with Crippen LogP contribution in [0.15, 0.2) is 24.3 Å². The minimum atomic E-state index is 0.247. The third kappa shape index (κ3) is 3.13. The van der Waals surface area contributed by atoms with Crippen LogP contribution >= 0.6 is 11.6 Å². The minimum absolute atomic E-state index is 0.247. The highest BCUT2D eigenvalue weighted by Crippen LogP contribution is 2.43. The molecule has 2 fully saturated rings. The van der Waals surface area contributed by atoms with Crippen LogP contribution in [0.2, 0.25) is 5.02 Å². The van der Waals surface area contributed by atoms with Crippen LogP contribution in [0, 0.1) is 0 Å². The molecule has 1 saturated carbocycles. The standard InChI is InChI=1S/C16H22ClNO/c17-15-6-2-1-5-13(15)11-18-12-14-7-10-16(19-14)8-3-4-9-16/h1-2,5-6,14,18H,3-4,7-12H2. The van der Waals surface area contributed by atoms with Gasteiger partial charge in [0.1, 0.15) is 0 Å². The highest BCUT2D eigenvalue weighted by atomic mass is 35.5. The molecule has 2 nitrogen and oxygen atoms in total. The van der Waals surface area contributed by atoms with E-state index in [-0.39, 0.29) is 5.60 Å². The van der Waals surface area contributed by atoms with Crippen LogP contribution in [0.3, 0.4) is 0 Å². The van der Waals surface area contributed by atoms with E-state index < -0.39 is 0 Å². The Balaban J connectivity index is 1.45. The van der Waals surface area contributed by atoms with Gasteiger partial charge in [0, 0.05) is 18.1 Å². The molecule has 0 amide bonds. The molecule has 3 rings (SSSR count). The molecular weight excluding hydrogens is 258 g/mol. The van der Waals surface area contributed by atoms with Gasteiger partial charge in [-0.05, 0) is 37.3 Å². The summed E-state index contributed by atoms with van der Waals surface area (Å²) in [6, 6.07) is 8.01. The van der Waals surface area contributed by atoms with Gasteiger partial charge in [-0.3, -0.25) is 0 Å². The Morgan fingerprint density at radius 1 is 1.21 bits per heavy atom. The predicted molar refractivity (Wildman–Crippen MR) is 78.5 cm³/mol. The molecule has 0 aromatic heterocycles. The number of nitrogens with one attached hydrogen (secondary N) is 1. The van der Waals surface area contributed by atoms with E-state index in [1.165, 1.54) is 38.5 Å². The normalized spacial score (nSPS) is 25.2. The summed E-state index contributed by atoms with van der Waals surface area (Å²) in [6.45, 7) is 1.76. The Labute approximate surface area is 120 Å². The molecule has 2 aliphatic rings. The lowest BCUT2D eigenvalue weighted by molar-refractivity contribution is -0.0351. The van der Waals surface area contributed by atoms with Crippen molar-refractivity contribution in [2.75, 3.05) is 6.54 Å². The fourth-order valence-corrected chi connectivity index (χ4v) is 3.64. The van der Waals surface area contributed by atoms with E-state index in [2.05, 4.69) is 11.4 Å². The van der Waals surface area contributed by atoms with E-state index in [1.807, 2.05) is 18.2 Å². The van der Waals surface area contributed by atoms with Gasteiger partial charge in [0.2, 0.25) is 0 Å². The van der Waals surface area contributed by atoms with Crippen molar-refractivity contribution in [2.24, 2.45) is 0 Å². The topological polar surface area (TPSA) is 21.3 Å². The average molecular weight is 280 g/mol. The van der Waals surface area contributed by atoms with Crippen LogP contribution in [0.4, 0.5) is 0 Å². The monoisotopic (exact) mass is 279 g/mol. The van der Waals surface area contributed by atoms with Gasteiger partial charge in [-0.25, -0.2) is 0 Å². The lowest BCUT2D eigenvalue weighted by Crippen LogP contribution is -2.30. The van der Waals surface area contributed by atoms with E-state index in [9.17, 15) is 0 Å². The van der Waals surface area contributed by atoms with Crippen molar-refractivity contribution in [2.45, 2.75) is 56.8 Å². The summed E-state index contributed by atoms with van der Waals surface area (Å²) >= 11 is 6.15. The molecule has 1 saturated heterocycles. The van der Waals surface area contributed by atoms with Crippen molar-refractivity contribution in [1.82, 2.24) is 5.32 Å². The van der Waals surface area contributed by atoms with E-state index in [4.69, 9.17) is 16.3 Å². The van der Waals surface area contributed by atoms with Crippen LogP contribution in [0.5, 0.6) is 0 Å². The summed E-state index contributed by atoms with van der Waals surface area (Å²) < 4.78 is 6.28. The molecule has 0 radical (unpaired) electrons. The molecule has 1 heterocycles. The van der Waals surface area contributed by atoms with Gasteiger partial charge >= 0.3 is 0 Å². The first kappa shape index (κ1) is 13.4. The van der Waals surface area contributed by atoms with Crippen molar-refractivity contribution in [3.8, 4) is 0 Å². The zero-order chi connectivity index (χ0) is 13.1. The van der Waals surface area contributed by atoms with Gasteiger partial charge in [-0.1, -0.05) is 42.6 Å². The quantitative estimate of drug-likeness (QED) is 0.902. The van der Waals surface area contributed by atoms with Crippen LogP contribution in [-0.2, 0) is 11.3 Å². The first-order valence-corrected chi connectivity index (χ1v) is 7.77. The third-order valence-corrected chi connectivity index (χ3v) is 4.87. The highest BCUT2D eigenvalue weighted by molar-refractivity contribution is 6.31. The first-order chi connectivity index (χ1) is 9.27. The van der Waals surface area contributed by atoms with Crippen LogP contribution in [0.25, 0.3) is 0 Å². The molecule has 1 aromatic rings. The summed E-state index contributed by atoms with van der Waals surface area (Å²) in [6.07, 6.45) is 8.09. The lowest BCUT2D eigenvalue weighted by Gasteiger charge is -2.24. The maximum atomic E-state index is 6.28. The second kappa shape index (κ2) is 5.82. The van der Waals surface area contributed by atoms with Gasteiger partial charge in [-0.2, -0.15) is 0 Å². The van der Waals surface area contributed by atoms with Crippen molar-refractivity contribution in [3.63, 3.8) is 0 Å². The summed E-state index contributed by atoms with van der Waals surface area (Å²) in [5, 5.41) is 4.32. The molecule has 1 spiro atoms. The summed E-state index contributed by atoms with van der Waals surface area (Å²) in [4.78, 5) is 0. The van der Waals surface area contributed by atoms with E-state index in [0.717, 1.165) is 23.7 Å². The van der Waals surface area contributed by atoms with E-state index in [0.29, 0.717) is 6.10 Å². The molecule has 1 aliphatic heterocycles. The zero-order valence-corrected chi connectivity index (χ0v) is 12.1. The van der Waals surface area contributed by atoms with Crippen molar-refractivity contribution in [1.29, 1.82) is 0 Å². The molecule has 1 aliphatic carbocycles. The zero-order valence-electron chi connectivity index (χ0n) is 11.3. The molecule has 3 heteroatoms. The second-order valence-corrected chi connectivity index (χ2v) is 6.30. The van der Waals surface area contributed by atoms with E-state index >= 15 is 0 Å². The largest absolute Gasteiger partial charge is 0.370 e. The Morgan fingerprint density at radius 2 is 2.00 bits per heavy atom. The molecule has 1 N–H and O–H groups in total. The molecule has 104 valence electrons. The van der Waals surface area contributed by atoms with Crippen LogP contribution in [-0.4, -0.2) is 18.2 Å². The summed E-state index contributed by atoms with van der Waals surface area (Å²) in [5.41, 5.74) is 1.41. The summed E-state index contributed by atoms with van der Waals surface area (Å²) in [7, 11) is 0. The number of halogens is 1. The number of hydrogen-bond acceptors (Lipinski definition) is 2. The Hall–Kier alpha value is -0.570. The van der Waals surface area contributed by atoms with Crippen LogP contribution in [0.1, 0.15) is 44.1 Å². The fraction of sp³-hybridized carbons (Fsp3) is 0.625. The second-order valence-electron chi connectivity index (χ2n) is 5.89. The Kier molecular flexibility index (Phi) is 4.11. The predicted octanol–water partition coefficient (Wildman–Crippen LogP) is 3.92. The third-order valence-electron chi connectivity index (χ3n) is 4.50. The number of rotatable bonds is 4. The van der Waals surface area contributed by atoms with Crippen LogP contribution < -0.4 is 5.32 Å². The smallest absolute Gasteiger partial charge is 0.0708 e. The molecule has 19 heavy (non-hydrogen) atoms. The summed E-state index contributed by atoms with van der Waals surface area (Å²) in [5.74, 6) is 0. The minimum Gasteiger partial charge on any atom is -0.370 e. The maximum absolute atomic E-state index is 6.28. The fourth-order valence-electron chi connectivity index (χ4n) is 3.44. The number of benzene rings is 1. The molecule has 0 bridgehead atoms. The first-order valence-electron chi connectivity index (χ1n) is 7.39. The molecular formula is C16H22ClNO. The number of ether oxygens (including phenoxy) is 1. The Bertz CT molecular complexity index is 429. The maximum Gasteiger partial charge on any atom is 0.0708 e. The van der Waals surface area contributed by atoms with E-state index in [1.54, 1.807) is 0 Å². The number of hydrogen-bond donors (Lipinski definition) is 1. The molecule has 1 unspecified atom stereocenters. The molecule has 1 aromatic carbocycles. The van der Waals surface area contributed by atoms with Gasteiger partial charge in [0.25, 0.3) is 0 Å². The Morgan fingerprint density at radius 3 is 2.79 bits per heavy atom. The van der Waals surface area contributed by atoms with Crippen molar-refractivity contribution in [3.05, 3.63) is 34.9 Å². The molecule has 1 atom stereocenters. The average Bonchev–Trinajstić information content (AvgIpc) is 3.03.